The molecule has 21 heavy (non-hydrogen) atoms. The van der Waals surface area contributed by atoms with Gasteiger partial charge in [0.2, 0.25) is 0 Å². The zero-order chi connectivity index (χ0) is 15.3. The van der Waals surface area contributed by atoms with Crippen molar-refractivity contribution in [3.8, 4) is 0 Å². The van der Waals surface area contributed by atoms with Crippen LogP contribution in [-0.2, 0) is 11.3 Å². The van der Waals surface area contributed by atoms with Gasteiger partial charge in [-0.25, -0.2) is 0 Å². The van der Waals surface area contributed by atoms with Gasteiger partial charge in [0.05, 0.1) is 5.41 Å². The Bertz CT molecular complexity index is 530. The van der Waals surface area contributed by atoms with Crippen molar-refractivity contribution < 1.29 is 9.90 Å². The second-order valence-corrected chi connectivity index (χ2v) is 5.91. The maximum Gasteiger partial charge on any atom is 0.309 e. The Balaban J connectivity index is 1.88. The Kier molecular flexibility index (Phi) is 5.17. The van der Waals surface area contributed by atoms with E-state index in [2.05, 4.69) is 4.90 Å². The number of piperidine rings is 1. The summed E-state index contributed by atoms with van der Waals surface area (Å²) in [6.07, 6.45) is 4.88. The molecule has 0 aliphatic carbocycles. The molecule has 5 heteroatoms. The summed E-state index contributed by atoms with van der Waals surface area (Å²) in [5.41, 5.74) is -0.519. The van der Waals surface area contributed by atoms with Crippen LogP contribution >= 0.6 is 0 Å². The van der Waals surface area contributed by atoms with E-state index in [-0.39, 0.29) is 5.56 Å². The third kappa shape index (κ3) is 3.73. The lowest BCUT2D eigenvalue weighted by Gasteiger charge is -2.38. The smallest absolute Gasteiger partial charge is 0.309 e. The van der Waals surface area contributed by atoms with Gasteiger partial charge >= 0.3 is 5.97 Å². The molecule has 1 aliphatic heterocycles. The molecule has 1 aromatic rings. The highest BCUT2D eigenvalue weighted by Gasteiger charge is 2.40. The first kappa shape index (κ1) is 15.8. The highest BCUT2D eigenvalue weighted by atomic mass is 16.4. The molecule has 1 fully saturated rings. The minimum absolute atomic E-state index is 0.0142. The average Bonchev–Trinajstić information content (AvgIpc) is 2.48. The standard InChI is InChI=1S/C16H24N2O3/c1-2-6-16(15(20)21)7-10-17(11-8-16)12-13-18-9-4-3-5-14(18)19/h3-5,9H,2,6-8,10-13H2,1H3,(H,20,21). The molecule has 0 bridgehead atoms. The largest absolute Gasteiger partial charge is 0.481 e. The summed E-state index contributed by atoms with van der Waals surface area (Å²) in [7, 11) is 0. The molecule has 0 aromatic carbocycles. The van der Waals surface area contributed by atoms with Crippen LogP contribution in [0.5, 0.6) is 0 Å². The van der Waals surface area contributed by atoms with Crippen molar-refractivity contribution in [3.63, 3.8) is 0 Å². The van der Waals surface area contributed by atoms with Crippen LogP contribution < -0.4 is 5.56 Å². The van der Waals surface area contributed by atoms with Gasteiger partial charge in [-0.1, -0.05) is 19.4 Å². The molecule has 0 spiro atoms. The SMILES string of the molecule is CCCC1(C(=O)O)CCN(CCn2ccccc2=O)CC1. The summed E-state index contributed by atoms with van der Waals surface area (Å²) in [5, 5.41) is 9.49. The van der Waals surface area contributed by atoms with Gasteiger partial charge in [0.25, 0.3) is 5.56 Å². The topological polar surface area (TPSA) is 62.5 Å². The number of carboxylic acid groups (broad SMARTS) is 1. The Morgan fingerprint density at radius 3 is 2.57 bits per heavy atom. The monoisotopic (exact) mass is 292 g/mol. The molecule has 116 valence electrons. The molecule has 0 radical (unpaired) electrons. The molecule has 1 aliphatic rings. The van der Waals surface area contributed by atoms with Gasteiger partial charge in [0, 0.05) is 25.4 Å². The Hall–Kier alpha value is -1.62. The van der Waals surface area contributed by atoms with Gasteiger partial charge in [-0.05, 0) is 38.4 Å². The van der Waals surface area contributed by atoms with Crippen LogP contribution in [0.15, 0.2) is 29.2 Å². The van der Waals surface area contributed by atoms with Gasteiger partial charge in [0.15, 0.2) is 0 Å². The van der Waals surface area contributed by atoms with Gasteiger partial charge in [-0.2, -0.15) is 0 Å². The Morgan fingerprint density at radius 1 is 1.29 bits per heavy atom. The minimum Gasteiger partial charge on any atom is -0.481 e. The van der Waals surface area contributed by atoms with E-state index in [1.165, 1.54) is 0 Å². The van der Waals surface area contributed by atoms with E-state index in [1.54, 1.807) is 22.9 Å². The molecule has 1 saturated heterocycles. The van der Waals surface area contributed by atoms with Crippen molar-refractivity contribution in [1.82, 2.24) is 9.47 Å². The van der Waals surface area contributed by atoms with Gasteiger partial charge in [-0.15, -0.1) is 0 Å². The van der Waals surface area contributed by atoms with Gasteiger partial charge in [0.1, 0.15) is 0 Å². The fourth-order valence-electron chi connectivity index (χ4n) is 3.15. The summed E-state index contributed by atoms with van der Waals surface area (Å²) in [4.78, 5) is 25.4. The normalized spacial score (nSPS) is 18.5. The number of hydrogen-bond donors (Lipinski definition) is 1. The number of aromatic nitrogens is 1. The lowest BCUT2D eigenvalue weighted by Crippen LogP contribution is -2.45. The number of rotatable bonds is 6. The van der Waals surface area contributed by atoms with Crippen LogP contribution in [0.1, 0.15) is 32.6 Å². The van der Waals surface area contributed by atoms with Crippen molar-refractivity contribution in [2.24, 2.45) is 5.41 Å². The van der Waals surface area contributed by atoms with E-state index >= 15 is 0 Å². The van der Waals surface area contributed by atoms with E-state index in [9.17, 15) is 14.7 Å². The number of carboxylic acids is 1. The second-order valence-electron chi connectivity index (χ2n) is 5.91. The predicted molar refractivity (Wildman–Crippen MR) is 81.4 cm³/mol. The summed E-state index contributed by atoms with van der Waals surface area (Å²) in [6.45, 7) is 5.10. The van der Waals surface area contributed by atoms with Crippen LogP contribution in [0.3, 0.4) is 0 Å². The first-order valence-electron chi connectivity index (χ1n) is 7.69. The molecule has 0 atom stereocenters. The highest BCUT2D eigenvalue weighted by molar-refractivity contribution is 5.74. The molecular formula is C16H24N2O3. The van der Waals surface area contributed by atoms with E-state index in [1.807, 2.05) is 13.0 Å². The molecule has 2 heterocycles. The lowest BCUT2D eigenvalue weighted by molar-refractivity contribution is -0.152. The van der Waals surface area contributed by atoms with Crippen molar-refractivity contribution in [2.75, 3.05) is 19.6 Å². The second kappa shape index (κ2) is 6.89. The number of nitrogens with zero attached hydrogens (tertiary/aromatic N) is 2. The summed E-state index contributed by atoms with van der Waals surface area (Å²) in [5.74, 6) is -0.650. The third-order valence-electron chi connectivity index (χ3n) is 4.55. The van der Waals surface area contributed by atoms with Crippen molar-refractivity contribution in [3.05, 3.63) is 34.7 Å². The zero-order valence-electron chi connectivity index (χ0n) is 12.6. The first-order chi connectivity index (χ1) is 10.1. The summed E-state index contributed by atoms with van der Waals surface area (Å²) < 4.78 is 1.70. The quantitative estimate of drug-likeness (QED) is 0.868. The fraction of sp³-hybridized carbons (Fsp3) is 0.625. The predicted octanol–water partition coefficient (Wildman–Crippen LogP) is 1.82. The van der Waals surface area contributed by atoms with E-state index < -0.39 is 11.4 Å². The first-order valence-corrected chi connectivity index (χ1v) is 7.69. The molecule has 1 aromatic heterocycles. The summed E-state index contributed by atoms with van der Waals surface area (Å²) >= 11 is 0. The number of aliphatic carboxylic acids is 1. The Morgan fingerprint density at radius 2 is 2.00 bits per heavy atom. The van der Waals surface area contributed by atoms with Crippen molar-refractivity contribution in [1.29, 1.82) is 0 Å². The van der Waals surface area contributed by atoms with Crippen LogP contribution in [0.25, 0.3) is 0 Å². The van der Waals surface area contributed by atoms with Crippen LogP contribution in [0.4, 0.5) is 0 Å². The van der Waals surface area contributed by atoms with Crippen LogP contribution in [-0.4, -0.2) is 40.2 Å². The minimum atomic E-state index is -0.650. The molecule has 1 N–H and O–H groups in total. The van der Waals surface area contributed by atoms with E-state index in [4.69, 9.17) is 0 Å². The van der Waals surface area contributed by atoms with Crippen LogP contribution in [0.2, 0.25) is 0 Å². The summed E-state index contributed by atoms with van der Waals surface area (Å²) in [6, 6.07) is 5.16. The number of carbonyl (C=O) groups is 1. The number of likely N-dealkylation sites (tertiary alicyclic amines) is 1. The lowest BCUT2D eigenvalue weighted by atomic mass is 9.75. The zero-order valence-corrected chi connectivity index (χ0v) is 12.6. The maximum atomic E-state index is 11.6. The molecular weight excluding hydrogens is 268 g/mol. The molecule has 0 unspecified atom stereocenters. The third-order valence-corrected chi connectivity index (χ3v) is 4.55. The number of hydrogen-bond acceptors (Lipinski definition) is 3. The van der Waals surface area contributed by atoms with Gasteiger partial charge < -0.3 is 14.6 Å². The molecule has 2 rings (SSSR count). The van der Waals surface area contributed by atoms with E-state index in [0.29, 0.717) is 19.4 Å². The maximum absolute atomic E-state index is 11.6. The van der Waals surface area contributed by atoms with Gasteiger partial charge in [-0.3, -0.25) is 9.59 Å². The Labute approximate surface area is 125 Å². The molecule has 5 nitrogen and oxygen atoms in total. The van der Waals surface area contributed by atoms with Crippen LogP contribution in [0, 0.1) is 5.41 Å². The fourth-order valence-corrected chi connectivity index (χ4v) is 3.15. The van der Waals surface area contributed by atoms with Crippen molar-refractivity contribution in [2.45, 2.75) is 39.2 Å². The number of pyridine rings is 1. The molecule has 0 saturated carbocycles. The highest BCUT2D eigenvalue weighted by Crippen LogP contribution is 2.36. The van der Waals surface area contributed by atoms with Crippen molar-refractivity contribution >= 4 is 5.97 Å². The van der Waals surface area contributed by atoms with E-state index in [0.717, 1.165) is 32.5 Å². The average molecular weight is 292 g/mol. The molecule has 0 amide bonds.